The Morgan fingerprint density at radius 1 is 1.16 bits per heavy atom. The van der Waals surface area contributed by atoms with Crippen molar-refractivity contribution in [1.29, 1.82) is 0 Å². The van der Waals surface area contributed by atoms with Gasteiger partial charge in [0.2, 0.25) is 5.91 Å². The Balaban J connectivity index is 1.86. The number of hydrogen-bond donors (Lipinski definition) is 1. The number of carbonyl (C=O) groups excluding carboxylic acids is 2. The average molecular weight is 357 g/mol. The van der Waals surface area contributed by atoms with Crippen LogP contribution in [0.1, 0.15) is 48.7 Å². The molecule has 1 aromatic heterocycles. The van der Waals surface area contributed by atoms with Crippen molar-refractivity contribution in [2.75, 3.05) is 11.9 Å². The van der Waals surface area contributed by atoms with Crippen molar-refractivity contribution in [2.45, 2.75) is 39.0 Å². The van der Waals surface area contributed by atoms with Gasteiger partial charge >= 0.3 is 5.97 Å². The monoisotopic (exact) mass is 357 g/mol. The van der Waals surface area contributed by atoms with E-state index >= 15 is 0 Å². The number of ether oxygens (including phenoxy) is 1. The molecule has 0 aliphatic heterocycles. The maximum atomic E-state index is 12.6. The topological polar surface area (TPSA) is 55.4 Å². The number of hydrogen-bond acceptors (Lipinski definition) is 4. The molecular weight excluding hydrogens is 334 g/mol. The summed E-state index contributed by atoms with van der Waals surface area (Å²) in [4.78, 5) is 26.3. The summed E-state index contributed by atoms with van der Waals surface area (Å²) in [5.41, 5.74) is 1.59. The predicted molar refractivity (Wildman–Crippen MR) is 101 cm³/mol. The largest absolute Gasteiger partial charge is 0.462 e. The molecule has 0 spiro atoms. The van der Waals surface area contributed by atoms with E-state index in [9.17, 15) is 9.59 Å². The number of nitrogens with one attached hydrogen (secondary N) is 1. The first-order valence-electron chi connectivity index (χ1n) is 8.86. The highest BCUT2D eigenvalue weighted by atomic mass is 32.1. The molecule has 0 unspecified atom stereocenters. The summed E-state index contributed by atoms with van der Waals surface area (Å²) in [6, 6.07) is 11.7. The van der Waals surface area contributed by atoms with Gasteiger partial charge in [-0.2, -0.15) is 0 Å². The van der Waals surface area contributed by atoms with Crippen LogP contribution < -0.4 is 5.32 Å². The van der Waals surface area contributed by atoms with Crippen molar-refractivity contribution in [1.82, 2.24) is 0 Å². The van der Waals surface area contributed by atoms with Crippen LogP contribution in [-0.2, 0) is 9.53 Å². The molecule has 0 radical (unpaired) electrons. The van der Waals surface area contributed by atoms with E-state index < -0.39 is 0 Å². The minimum absolute atomic E-state index is 0.0164. The lowest BCUT2D eigenvalue weighted by Gasteiger charge is -2.20. The van der Waals surface area contributed by atoms with E-state index in [-0.39, 0.29) is 17.8 Å². The Kier molecular flexibility index (Phi) is 5.87. The smallest absolute Gasteiger partial charge is 0.350 e. The van der Waals surface area contributed by atoms with Gasteiger partial charge in [0, 0.05) is 10.8 Å². The van der Waals surface area contributed by atoms with Gasteiger partial charge in [0.05, 0.1) is 12.3 Å². The Hall–Kier alpha value is -2.14. The van der Waals surface area contributed by atoms with Crippen LogP contribution in [0.25, 0.3) is 10.4 Å². The molecule has 4 nitrogen and oxygen atoms in total. The van der Waals surface area contributed by atoms with Gasteiger partial charge in [0.1, 0.15) is 4.88 Å². The van der Waals surface area contributed by atoms with Gasteiger partial charge in [-0.25, -0.2) is 4.79 Å². The Morgan fingerprint density at radius 2 is 1.88 bits per heavy atom. The fourth-order valence-corrected chi connectivity index (χ4v) is 4.19. The third-order valence-electron chi connectivity index (χ3n) is 4.49. The normalized spacial score (nSPS) is 14.9. The van der Waals surface area contributed by atoms with E-state index in [2.05, 4.69) is 5.32 Å². The summed E-state index contributed by atoms with van der Waals surface area (Å²) in [7, 11) is 0. The van der Waals surface area contributed by atoms with Crippen molar-refractivity contribution in [3.05, 3.63) is 41.3 Å². The van der Waals surface area contributed by atoms with Crippen LogP contribution in [-0.4, -0.2) is 18.5 Å². The highest BCUT2D eigenvalue weighted by molar-refractivity contribution is 7.18. The van der Waals surface area contributed by atoms with E-state index in [1.165, 1.54) is 17.8 Å². The van der Waals surface area contributed by atoms with Crippen LogP contribution >= 0.6 is 11.3 Å². The molecule has 0 atom stereocenters. The summed E-state index contributed by atoms with van der Waals surface area (Å²) in [5.74, 6) is -0.319. The summed E-state index contributed by atoms with van der Waals surface area (Å²) in [6.45, 7) is 2.09. The number of rotatable bonds is 5. The summed E-state index contributed by atoms with van der Waals surface area (Å²) in [5, 5.41) is 2.98. The standard InChI is InChI=1S/C20H23NO3S/c1-2-24-20(23)18-16(21-19(22)15-11-7-4-8-12-15)13-17(25-18)14-9-5-3-6-10-14/h3,5-6,9-10,13,15H,2,4,7-8,11-12H2,1H3,(H,21,22). The van der Waals surface area contributed by atoms with Gasteiger partial charge in [-0.05, 0) is 31.4 Å². The lowest BCUT2D eigenvalue weighted by Crippen LogP contribution is -2.25. The third kappa shape index (κ3) is 4.28. The van der Waals surface area contributed by atoms with Gasteiger partial charge in [-0.1, -0.05) is 49.6 Å². The predicted octanol–water partition coefficient (Wildman–Crippen LogP) is 5.11. The zero-order chi connectivity index (χ0) is 17.6. The maximum absolute atomic E-state index is 12.6. The van der Waals surface area contributed by atoms with Crippen molar-refractivity contribution < 1.29 is 14.3 Å². The number of esters is 1. The van der Waals surface area contributed by atoms with Gasteiger partial charge in [0.15, 0.2) is 0 Å². The van der Waals surface area contributed by atoms with Gasteiger partial charge in [-0.3, -0.25) is 4.79 Å². The molecule has 1 amide bonds. The maximum Gasteiger partial charge on any atom is 0.350 e. The Morgan fingerprint density at radius 3 is 2.56 bits per heavy atom. The molecule has 0 bridgehead atoms. The van der Waals surface area contributed by atoms with Crippen LogP contribution in [0.4, 0.5) is 5.69 Å². The van der Waals surface area contributed by atoms with Crippen molar-refractivity contribution in [3.8, 4) is 10.4 Å². The van der Waals surface area contributed by atoms with Crippen LogP contribution in [0.15, 0.2) is 36.4 Å². The highest BCUT2D eigenvalue weighted by Crippen LogP contribution is 2.36. The molecule has 132 valence electrons. The summed E-state index contributed by atoms with van der Waals surface area (Å²) in [6.07, 6.45) is 5.25. The fraction of sp³-hybridized carbons (Fsp3) is 0.400. The second-order valence-corrected chi connectivity index (χ2v) is 7.32. The number of anilines is 1. The zero-order valence-corrected chi connectivity index (χ0v) is 15.2. The molecule has 25 heavy (non-hydrogen) atoms. The minimum atomic E-state index is -0.381. The molecule has 1 aromatic carbocycles. The summed E-state index contributed by atoms with van der Waals surface area (Å²) >= 11 is 1.36. The second kappa shape index (κ2) is 8.30. The number of carbonyl (C=O) groups is 2. The molecule has 1 aliphatic rings. The molecule has 1 heterocycles. The first kappa shape index (κ1) is 17.7. The van der Waals surface area contributed by atoms with E-state index in [0.29, 0.717) is 17.2 Å². The third-order valence-corrected chi connectivity index (χ3v) is 5.65. The van der Waals surface area contributed by atoms with Crippen LogP contribution in [0.3, 0.4) is 0 Å². The van der Waals surface area contributed by atoms with Gasteiger partial charge in [-0.15, -0.1) is 11.3 Å². The molecular formula is C20H23NO3S. The number of benzene rings is 1. The van der Waals surface area contributed by atoms with E-state index in [1.54, 1.807) is 6.92 Å². The molecule has 1 aliphatic carbocycles. The van der Waals surface area contributed by atoms with E-state index in [0.717, 1.165) is 36.1 Å². The van der Waals surface area contributed by atoms with Gasteiger partial charge in [0.25, 0.3) is 0 Å². The zero-order valence-electron chi connectivity index (χ0n) is 14.4. The van der Waals surface area contributed by atoms with E-state index in [4.69, 9.17) is 4.74 Å². The summed E-state index contributed by atoms with van der Waals surface area (Å²) < 4.78 is 5.17. The highest BCUT2D eigenvalue weighted by Gasteiger charge is 2.25. The molecule has 3 rings (SSSR count). The Labute approximate surface area is 152 Å². The van der Waals surface area contributed by atoms with Crippen molar-refractivity contribution >= 4 is 28.9 Å². The van der Waals surface area contributed by atoms with Crippen LogP contribution in [0.5, 0.6) is 0 Å². The Bertz CT molecular complexity index is 733. The fourth-order valence-electron chi connectivity index (χ4n) is 3.18. The minimum Gasteiger partial charge on any atom is -0.462 e. The molecule has 1 saturated carbocycles. The second-order valence-electron chi connectivity index (χ2n) is 6.26. The molecule has 0 saturated heterocycles. The quantitative estimate of drug-likeness (QED) is 0.757. The van der Waals surface area contributed by atoms with E-state index in [1.807, 2.05) is 36.4 Å². The van der Waals surface area contributed by atoms with Crippen LogP contribution in [0.2, 0.25) is 0 Å². The first-order valence-corrected chi connectivity index (χ1v) is 9.68. The van der Waals surface area contributed by atoms with Crippen molar-refractivity contribution in [2.24, 2.45) is 5.92 Å². The van der Waals surface area contributed by atoms with Crippen molar-refractivity contribution in [3.63, 3.8) is 0 Å². The lowest BCUT2D eigenvalue weighted by atomic mass is 9.88. The van der Waals surface area contributed by atoms with Gasteiger partial charge < -0.3 is 10.1 Å². The first-order chi connectivity index (χ1) is 12.2. The molecule has 1 N–H and O–H groups in total. The molecule has 5 heteroatoms. The number of amides is 1. The van der Waals surface area contributed by atoms with Crippen LogP contribution in [0, 0.1) is 5.92 Å². The molecule has 1 fully saturated rings. The number of thiophene rings is 1. The lowest BCUT2D eigenvalue weighted by molar-refractivity contribution is -0.120. The molecule has 2 aromatic rings. The SMILES string of the molecule is CCOC(=O)c1sc(-c2ccccc2)cc1NC(=O)C1CCCCC1. The average Bonchev–Trinajstić information content (AvgIpc) is 3.07.